The molecule has 1 fully saturated rings. The summed E-state index contributed by atoms with van der Waals surface area (Å²) in [6, 6.07) is 11.2. The summed E-state index contributed by atoms with van der Waals surface area (Å²) in [5.41, 5.74) is 0.950. The number of carbonyl (C=O) groups is 1. The Hall–Kier alpha value is -2.64. The third kappa shape index (κ3) is 5.25. The lowest BCUT2D eigenvalue weighted by atomic mass is 9.73. The minimum atomic E-state index is -0.642. The number of rotatable bonds is 9. The summed E-state index contributed by atoms with van der Waals surface area (Å²) in [6.07, 6.45) is 2.85. The second-order valence-electron chi connectivity index (χ2n) is 6.81. The van der Waals surface area contributed by atoms with Gasteiger partial charge in [0.1, 0.15) is 12.4 Å². The lowest BCUT2D eigenvalue weighted by molar-refractivity contribution is -0.125. The molecule has 2 aromatic rings. The largest absolute Gasteiger partial charge is 0.497 e. The minimum absolute atomic E-state index is 0.0576. The molecular weight excluding hydrogens is 372 g/mol. The summed E-state index contributed by atoms with van der Waals surface area (Å²) in [7, 11) is 1.63. The Bertz CT molecular complexity index is 771. The fraction of sp³-hybridized carbons (Fsp3) is 0.455. The summed E-state index contributed by atoms with van der Waals surface area (Å²) >= 11 is 0. The van der Waals surface area contributed by atoms with Gasteiger partial charge < -0.3 is 24.3 Å². The van der Waals surface area contributed by atoms with Crippen molar-refractivity contribution in [2.24, 2.45) is 0 Å². The zero-order valence-corrected chi connectivity index (χ0v) is 17.0. The van der Waals surface area contributed by atoms with Crippen LogP contribution in [-0.2, 0) is 19.7 Å². The van der Waals surface area contributed by atoms with Gasteiger partial charge in [0.25, 0.3) is 0 Å². The van der Waals surface area contributed by atoms with Crippen LogP contribution >= 0.6 is 0 Å². The van der Waals surface area contributed by atoms with Gasteiger partial charge in [-0.25, -0.2) is 4.98 Å². The van der Waals surface area contributed by atoms with E-state index in [-0.39, 0.29) is 5.91 Å². The molecule has 7 nitrogen and oxygen atoms in total. The zero-order chi connectivity index (χ0) is 20.5. The number of hydrogen-bond donors (Lipinski definition) is 1. The Kier molecular flexibility index (Phi) is 7.43. The molecule has 1 amide bonds. The molecule has 156 valence electrons. The molecule has 1 N–H and O–H groups in total. The number of hydrogen-bond acceptors (Lipinski definition) is 6. The molecule has 0 bridgehead atoms. The van der Waals surface area contributed by atoms with Gasteiger partial charge in [-0.3, -0.25) is 4.79 Å². The van der Waals surface area contributed by atoms with Gasteiger partial charge >= 0.3 is 0 Å². The summed E-state index contributed by atoms with van der Waals surface area (Å²) < 4.78 is 21.5. The first kappa shape index (κ1) is 21.1. The molecule has 7 heteroatoms. The van der Waals surface area contributed by atoms with E-state index in [2.05, 4.69) is 10.3 Å². The van der Waals surface area contributed by atoms with Gasteiger partial charge in [0.2, 0.25) is 11.8 Å². The summed E-state index contributed by atoms with van der Waals surface area (Å²) in [5.74, 6) is 1.21. The van der Waals surface area contributed by atoms with Crippen LogP contribution in [0.15, 0.2) is 42.6 Å². The van der Waals surface area contributed by atoms with Gasteiger partial charge in [-0.1, -0.05) is 12.1 Å². The Labute approximate surface area is 171 Å². The number of carbonyl (C=O) groups excluding carboxylic acids is 1. The molecule has 1 aromatic carbocycles. The highest BCUT2D eigenvalue weighted by atomic mass is 16.5. The van der Waals surface area contributed by atoms with Crippen LogP contribution < -0.4 is 14.8 Å². The molecule has 3 rings (SSSR count). The number of nitrogens with one attached hydrogen (secondary N) is 1. The standard InChI is InChI=1S/C22H28N2O5/c1-3-27-14-15-29-20-9-6-18(16-23-20)24-21(25)22(10-12-28-13-11-22)17-4-7-19(26-2)8-5-17/h4-9,16H,3,10-15H2,1-2H3,(H,24,25). The van der Waals surface area contributed by atoms with E-state index in [9.17, 15) is 4.79 Å². The molecule has 0 atom stereocenters. The van der Waals surface area contributed by atoms with Crippen molar-refractivity contribution in [3.8, 4) is 11.6 Å². The van der Waals surface area contributed by atoms with E-state index in [0.29, 0.717) is 57.4 Å². The van der Waals surface area contributed by atoms with E-state index < -0.39 is 5.41 Å². The van der Waals surface area contributed by atoms with Crippen molar-refractivity contribution in [1.82, 2.24) is 4.98 Å². The first-order valence-electron chi connectivity index (χ1n) is 9.88. The fourth-order valence-electron chi connectivity index (χ4n) is 3.42. The van der Waals surface area contributed by atoms with E-state index in [1.807, 2.05) is 31.2 Å². The van der Waals surface area contributed by atoms with Crippen molar-refractivity contribution in [3.63, 3.8) is 0 Å². The maximum absolute atomic E-state index is 13.3. The molecular formula is C22H28N2O5. The van der Waals surface area contributed by atoms with Gasteiger partial charge in [-0.05, 0) is 43.5 Å². The number of amides is 1. The third-order valence-electron chi connectivity index (χ3n) is 5.10. The molecule has 1 saturated heterocycles. The first-order chi connectivity index (χ1) is 14.2. The molecule has 0 radical (unpaired) electrons. The van der Waals surface area contributed by atoms with Gasteiger partial charge in [0.15, 0.2) is 0 Å². The van der Waals surface area contributed by atoms with Crippen LogP contribution in [0.2, 0.25) is 0 Å². The summed E-state index contributed by atoms with van der Waals surface area (Å²) in [4.78, 5) is 17.6. The summed E-state index contributed by atoms with van der Waals surface area (Å²) in [6.45, 7) is 4.64. The van der Waals surface area contributed by atoms with Gasteiger partial charge in [-0.15, -0.1) is 0 Å². The Balaban J connectivity index is 1.70. The fourth-order valence-corrected chi connectivity index (χ4v) is 3.42. The summed E-state index contributed by atoms with van der Waals surface area (Å²) in [5, 5.41) is 3.01. The molecule has 1 aliphatic heterocycles. The SMILES string of the molecule is CCOCCOc1ccc(NC(=O)C2(c3ccc(OC)cc3)CCOCC2)cn1. The number of anilines is 1. The van der Waals surface area contributed by atoms with Crippen molar-refractivity contribution >= 4 is 11.6 Å². The highest BCUT2D eigenvalue weighted by molar-refractivity contribution is 5.99. The number of nitrogens with zero attached hydrogens (tertiary/aromatic N) is 1. The quantitative estimate of drug-likeness (QED) is 0.652. The smallest absolute Gasteiger partial charge is 0.235 e. The monoisotopic (exact) mass is 400 g/mol. The molecule has 1 aliphatic rings. The van der Waals surface area contributed by atoms with Gasteiger partial charge in [0.05, 0.1) is 31.0 Å². The first-order valence-corrected chi connectivity index (χ1v) is 9.88. The average molecular weight is 400 g/mol. The third-order valence-corrected chi connectivity index (χ3v) is 5.10. The molecule has 29 heavy (non-hydrogen) atoms. The number of benzene rings is 1. The minimum Gasteiger partial charge on any atom is -0.497 e. The normalized spacial score (nSPS) is 15.5. The van der Waals surface area contributed by atoms with Crippen molar-refractivity contribution in [2.45, 2.75) is 25.2 Å². The topological polar surface area (TPSA) is 78.9 Å². The molecule has 1 aromatic heterocycles. The van der Waals surface area contributed by atoms with E-state index >= 15 is 0 Å². The number of aromatic nitrogens is 1. The van der Waals surface area contributed by atoms with Crippen LogP contribution in [0.1, 0.15) is 25.3 Å². The van der Waals surface area contributed by atoms with Crippen LogP contribution in [0.4, 0.5) is 5.69 Å². The number of pyridine rings is 1. The Morgan fingerprint density at radius 3 is 2.52 bits per heavy atom. The average Bonchev–Trinajstić information content (AvgIpc) is 2.78. The maximum Gasteiger partial charge on any atom is 0.235 e. The highest BCUT2D eigenvalue weighted by Gasteiger charge is 2.41. The maximum atomic E-state index is 13.3. The van der Waals surface area contributed by atoms with Gasteiger partial charge in [0, 0.05) is 25.9 Å². The second kappa shape index (κ2) is 10.2. The Morgan fingerprint density at radius 1 is 1.14 bits per heavy atom. The Morgan fingerprint density at radius 2 is 1.90 bits per heavy atom. The van der Waals surface area contributed by atoms with Crippen molar-refractivity contribution in [1.29, 1.82) is 0 Å². The van der Waals surface area contributed by atoms with Crippen molar-refractivity contribution in [2.75, 3.05) is 45.5 Å². The molecule has 0 saturated carbocycles. The second-order valence-corrected chi connectivity index (χ2v) is 6.81. The van der Waals surface area contributed by atoms with E-state index in [4.69, 9.17) is 18.9 Å². The van der Waals surface area contributed by atoms with Gasteiger partial charge in [-0.2, -0.15) is 0 Å². The zero-order valence-electron chi connectivity index (χ0n) is 17.0. The van der Waals surface area contributed by atoms with Crippen LogP contribution in [0.3, 0.4) is 0 Å². The number of methoxy groups -OCH3 is 1. The van der Waals surface area contributed by atoms with Crippen molar-refractivity contribution in [3.05, 3.63) is 48.2 Å². The predicted molar refractivity (Wildman–Crippen MR) is 110 cm³/mol. The molecule has 0 spiro atoms. The van der Waals surface area contributed by atoms with Crippen LogP contribution in [0.25, 0.3) is 0 Å². The predicted octanol–water partition coefficient (Wildman–Crippen LogP) is 3.19. The molecule has 0 unspecified atom stereocenters. The van der Waals surface area contributed by atoms with E-state index in [1.54, 1.807) is 25.4 Å². The van der Waals surface area contributed by atoms with E-state index in [0.717, 1.165) is 11.3 Å². The molecule has 0 aliphatic carbocycles. The van der Waals surface area contributed by atoms with Crippen LogP contribution in [-0.4, -0.2) is 51.0 Å². The van der Waals surface area contributed by atoms with Crippen LogP contribution in [0.5, 0.6) is 11.6 Å². The lowest BCUT2D eigenvalue weighted by Gasteiger charge is -2.36. The van der Waals surface area contributed by atoms with Crippen molar-refractivity contribution < 1.29 is 23.7 Å². The molecule has 2 heterocycles. The van der Waals surface area contributed by atoms with E-state index in [1.165, 1.54) is 0 Å². The van der Waals surface area contributed by atoms with Crippen LogP contribution in [0, 0.1) is 0 Å². The number of ether oxygens (including phenoxy) is 4. The lowest BCUT2D eigenvalue weighted by Crippen LogP contribution is -2.44. The highest BCUT2D eigenvalue weighted by Crippen LogP contribution is 2.37.